The fourth-order valence-corrected chi connectivity index (χ4v) is 1.06. The first-order valence-electron chi connectivity index (χ1n) is 4.14. The molecule has 2 nitrogen and oxygen atoms in total. The summed E-state index contributed by atoms with van der Waals surface area (Å²) < 4.78 is 0. The van der Waals surface area contributed by atoms with Crippen molar-refractivity contribution in [3.63, 3.8) is 0 Å². The molecule has 1 rings (SSSR count). The molecule has 13 heavy (non-hydrogen) atoms. The van der Waals surface area contributed by atoms with Gasteiger partial charge in [0, 0.05) is 0 Å². The number of benzene rings is 1. The quantitative estimate of drug-likeness (QED) is 0.768. The first kappa shape index (κ1) is 9.52. The minimum absolute atomic E-state index is 0.0841. The average Bonchev–Trinajstić information content (AvgIpc) is 2.15. The van der Waals surface area contributed by atoms with Crippen LogP contribution in [0, 0.1) is 0 Å². The number of allylic oxidation sites excluding steroid dienone is 1. The fourth-order valence-electron chi connectivity index (χ4n) is 1.06. The van der Waals surface area contributed by atoms with Crippen molar-refractivity contribution in [3.05, 3.63) is 42.0 Å². The molecular weight excluding hydrogens is 164 g/mol. The third-order valence-electron chi connectivity index (χ3n) is 1.81. The molecule has 0 spiro atoms. The monoisotopic (exact) mass is 176 g/mol. The highest BCUT2D eigenvalue weighted by molar-refractivity contribution is 5.73. The van der Waals surface area contributed by atoms with Crippen molar-refractivity contribution >= 4 is 11.5 Å². The van der Waals surface area contributed by atoms with Gasteiger partial charge in [-0.25, -0.2) is 0 Å². The number of carboxylic acids is 1. The number of aliphatic carboxylic acids is 1. The van der Waals surface area contributed by atoms with Crippen LogP contribution in [-0.2, 0) is 4.79 Å². The lowest BCUT2D eigenvalue weighted by molar-refractivity contribution is -0.135. The number of hydrogen-bond acceptors (Lipinski definition) is 1. The Morgan fingerprint density at radius 3 is 2.54 bits per heavy atom. The van der Waals surface area contributed by atoms with E-state index in [1.54, 1.807) is 6.08 Å². The topological polar surface area (TPSA) is 37.3 Å². The van der Waals surface area contributed by atoms with Crippen LogP contribution in [0.1, 0.15) is 18.9 Å². The maximum atomic E-state index is 10.3. The van der Waals surface area contributed by atoms with Crippen LogP contribution in [0.5, 0.6) is 0 Å². The Kier molecular flexibility index (Phi) is 3.26. The smallest absolute Gasteiger partial charge is 0.307 e. The van der Waals surface area contributed by atoms with Crippen LogP contribution in [-0.4, -0.2) is 11.1 Å². The molecule has 1 aromatic rings. The zero-order valence-corrected chi connectivity index (χ0v) is 7.53. The number of carbonyl (C=O) groups is 1. The van der Waals surface area contributed by atoms with Crippen LogP contribution in [0.3, 0.4) is 0 Å². The van der Waals surface area contributed by atoms with E-state index >= 15 is 0 Å². The molecule has 0 aromatic heterocycles. The first-order chi connectivity index (χ1) is 6.20. The molecule has 0 aliphatic carbocycles. The van der Waals surface area contributed by atoms with E-state index in [1.165, 1.54) is 0 Å². The third kappa shape index (κ3) is 3.11. The van der Waals surface area contributed by atoms with E-state index in [1.807, 2.05) is 37.3 Å². The Hall–Kier alpha value is -1.57. The van der Waals surface area contributed by atoms with E-state index in [-0.39, 0.29) is 6.42 Å². The Labute approximate surface area is 77.5 Å². The molecule has 1 aromatic carbocycles. The van der Waals surface area contributed by atoms with Gasteiger partial charge in [-0.2, -0.15) is 0 Å². The minimum Gasteiger partial charge on any atom is -0.481 e. The van der Waals surface area contributed by atoms with Crippen LogP contribution in [0.25, 0.3) is 5.57 Å². The number of hydrogen-bond donors (Lipinski definition) is 1. The van der Waals surface area contributed by atoms with Crippen LogP contribution in [0.15, 0.2) is 36.4 Å². The summed E-state index contributed by atoms with van der Waals surface area (Å²) in [6.07, 6.45) is 1.80. The Balaban J connectivity index is 2.73. The second kappa shape index (κ2) is 4.45. The zero-order valence-electron chi connectivity index (χ0n) is 7.53. The van der Waals surface area contributed by atoms with Gasteiger partial charge in [0.15, 0.2) is 0 Å². The molecule has 68 valence electrons. The van der Waals surface area contributed by atoms with Gasteiger partial charge in [0.2, 0.25) is 0 Å². The second-order valence-corrected chi connectivity index (χ2v) is 2.85. The van der Waals surface area contributed by atoms with E-state index in [2.05, 4.69) is 0 Å². The van der Waals surface area contributed by atoms with Crippen molar-refractivity contribution in [2.75, 3.05) is 0 Å². The largest absolute Gasteiger partial charge is 0.481 e. The minimum atomic E-state index is -0.796. The highest BCUT2D eigenvalue weighted by atomic mass is 16.4. The Morgan fingerprint density at radius 1 is 1.38 bits per heavy atom. The van der Waals surface area contributed by atoms with Crippen molar-refractivity contribution in [1.29, 1.82) is 0 Å². The summed E-state index contributed by atoms with van der Waals surface area (Å²) >= 11 is 0. The van der Waals surface area contributed by atoms with Crippen LogP contribution in [0.2, 0.25) is 0 Å². The molecule has 0 saturated heterocycles. The van der Waals surface area contributed by atoms with Gasteiger partial charge in [0.1, 0.15) is 0 Å². The molecule has 1 N–H and O–H groups in total. The molecule has 0 fully saturated rings. The molecule has 0 amide bonds. The van der Waals surface area contributed by atoms with Gasteiger partial charge in [0.05, 0.1) is 6.42 Å². The van der Waals surface area contributed by atoms with Gasteiger partial charge in [-0.3, -0.25) is 4.79 Å². The predicted octanol–water partition coefficient (Wildman–Crippen LogP) is 2.56. The van der Waals surface area contributed by atoms with Gasteiger partial charge < -0.3 is 5.11 Å². The molecule has 0 bridgehead atoms. The molecule has 0 aliphatic heterocycles. The van der Waals surface area contributed by atoms with E-state index in [0.29, 0.717) is 0 Å². The molecule has 0 unspecified atom stereocenters. The molecule has 2 heteroatoms. The molecule has 0 aliphatic rings. The van der Waals surface area contributed by atoms with Crippen molar-refractivity contribution < 1.29 is 9.90 Å². The van der Waals surface area contributed by atoms with Crippen molar-refractivity contribution in [1.82, 2.24) is 0 Å². The van der Waals surface area contributed by atoms with Crippen molar-refractivity contribution in [3.8, 4) is 0 Å². The second-order valence-electron chi connectivity index (χ2n) is 2.85. The zero-order chi connectivity index (χ0) is 9.68. The Bertz CT molecular complexity index is 312. The summed E-state index contributed by atoms with van der Waals surface area (Å²) in [5, 5.41) is 8.46. The molecule has 0 radical (unpaired) electrons. The normalized spacial score (nSPS) is 11.3. The lowest BCUT2D eigenvalue weighted by atomic mass is 10.1. The summed E-state index contributed by atoms with van der Waals surface area (Å²) in [6, 6.07) is 9.75. The molecule has 0 saturated carbocycles. The lowest BCUT2D eigenvalue weighted by Gasteiger charge is -1.99. The van der Waals surface area contributed by atoms with Crippen LogP contribution in [0.4, 0.5) is 0 Å². The van der Waals surface area contributed by atoms with E-state index < -0.39 is 5.97 Å². The average molecular weight is 176 g/mol. The maximum absolute atomic E-state index is 10.3. The van der Waals surface area contributed by atoms with E-state index in [0.717, 1.165) is 11.1 Å². The summed E-state index contributed by atoms with van der Waals surface area (Å²) in [5.74, 6) is -0.796. The van der Waals surface area contributed by atoms with Gasteiger partial charge in [-0.05, 0) is 18.1 Å². The van der Waals surface area contributed by atoms with Gasteiger partial charge in [-0.1, -0.05) is 36.4 Å². The summed E-state index contributed by atoms with van der Waals surface area (Å²) in [6.45, 7) is 1.91. The number of rotatable bonds is 3. The van der Waals surface area contributed by atoms with Gasteiger partial charge in [-0.15, -0.1) is 0 Å². The maximum Gasteiger partial charge on any atom is 0.307 e. The van der Waals surface area contributed by atoms with Crippen LogP contribution < -0.4 is 0 Å². The van der Waals surface area contributed by atoms with E-state index in [9.17, 15) is 4.79 Å². The van der Waals surface area contributed by atoms with Crippen molar-refractivity contribution in [2.45, 2.75) is 13.3 Å². The highest BCUT2D eigenvalue weighted by Gasteiger charge is 1.95. The number of carboxylic acid groups (broad SMARTS) is 1. The highest BCUT2D eigenvalue weighted by Crippen LogP contribution is 2.12. The molecular formula is C11H12O2. The summed E-state index contributed by atoms with van der Waals surface area (Å²) in [5.41, 5.74) is 2.08. The lowest BCUT2D eigenvalue weighted by Crippen LogP contribution is -1.91. The summed E-state index contributed by atoms with van der Waals surface area (Å²) in [7, 11) is 0. The van der Waals surface area contributed by atoms with E-state index in [4.69, 9.17) is 5.11 Å². The molecule has 0 heterocycles. The van der Waals surface area contributed by atoms with Gasteiger partial charge >= 0.3 is 5.97 Å². The Morgan fingerprint density at radius 2 is 2.00 bits per heavy atom. The first-order valence-corrected chi connectivity index (χ1v) is 4.14. The fraction of sp³-hybridized carbons (Fsp3) is 0.182. The van der Waals surface area contributed by atoms with Crippen LogP contribution >= 0.6 is 0 Å². The standard InChI is InChI=1S/C11H12O2/c1-9(7-8-11(12)13)10-5-3-2-4-6-10/h2-7H,8H2,1H3,(H,12,13)/b9-7+. The predicted molar refractivity (Wildman–Crippen MR) is 52.3 cm³/mol. The van der Waals surface area contributed by atoms with Crippen molar-refractivity contribution in [2.24, 2.45) is 0 Å². The third-order valence-corrected chi connectivity index (χ3v) is 1.81. The molecule has 0 atom stereocenters. The van der Waals surface area contributed by atoms with Gasteiger partial charge in [0.25, 0.3) is 0 Å². The SMILES string of the molecule is C/C(=C\CC(=O)O)c1ccccc1. The summed E-state index contributed by atoms with van der Waals surface area (Å²) in [4.78, 5) is 10.3.